The van der Waals surface area contributed by atoms with Crippen LogP contribution in [0.1, 0.15) is 18.9 Å². The normalized spacial score (nSPS) is 25.3. The molecule has 1 unspecified atom stereocenters. The second kappa shape index (κ2) is 3.05. The summed E-state index contributed by atoms with van der Waals surface area (Å²) < 4.78 is 7.33. The zero-order valence-electron chi connectivity index (χ0n) is 6.44. The maximum Gasteiger partial charge on any atom is 0.0753 e. The van der Waals surface area contributed by atoms with E-state index in [1.54, 1.807) is 0 Å². The first-order valence-electron chi connectivity index (χ1n) is 4.04. The second-order valence-electron chi connectivity index (χ2n) is 2.86. The summed E-state index contributed by atoms with van der Waals surface area (Å²) in [5.74, 6) is 0. The Morgan fingerprint density at radius 1 is 1.55 bits per heavy atom. The highest BCUT2D eigenvalue weighted by molar-refractivity contribution is 4.82. The molecule has 1 aromatic heterocycles. The van der Waals surface area contributed by atoms with Gasteiger partial charge in [-0.3, -0.25) is 4.68 Å². The van der Waals surface area contributed by atoms with Crippen molar-refractivity contribution < 1.29 is 4.74 Å². The van der Waals surface area contributed by atoms with E-state index in [2.05, 4.69) is 5.10 Å². The van der Waals surface area contributed by atoms with Crippen LogP contribution in [-0.4, -0.2) is 23.0 Å². The second-order valence-corrected chi connectivity index (χ2v) is 2.86. The molecule has 3 heteroatoms. The van der Waals surface area contributed by atoms with Crippen LogP contribution in [0.15, 0.2) is 18.5 Å². The van der Waals surface area contributed by atoms with E-state index in [0.717, 1.165) is 19.6 Å². The molecule has 11 heavy (non-hydrogen) atoms. The zero-order chi connectivity index (χ0) is 7.52. The highest BCUT2D eigenvalue weighted by Gasteiger charge is 2.14. The molecule has 0 amide bonds. The highest BCUT2D eigenvalue weighted by atomic mass is 16.5. The lowest BCUT2D eigenvalue weighted by molar-refractivity contribution is 0.0549. The van der Waals surface area contributed by atoms with Gasteiger partial charge in [0.15, 0.2) is 0 Å². The molecule has 0 N–H and O–H groups in total. The molecule has 0 saturated carbocycles. The number of hydrogen-bond acceptors (Lipinski definition) is 2. The molecule has 1 aliphatic rings. The number of ether oxygens (including phenoxy) is 1. The van der Waals surface area contributed by atoms with Gasteiger partial charge in [0.25, 0.3) is 0 Å². The smallest absolute Gasteiger partial charge is 0.0753 e. The van der Waals surface area contributed by atoms with E-state index in [-0.39, 0.29) is 0 Å². The van der Waals surface area contributed by atoms with Crippen molar-refractivity contribution >= 4 is 0 Å². The minimum Gasteiger partial charge on any atom is -0.379 e. The van der Waals surface area contributed by atoms with Crippen molar-refractivity contribution in [1.82, 2.24) is 9.78 Å². The van der Waals surface area contributed by atoms with E-state index in [0.29, 0.717) is 6.04 Å². The van der Waals surface area contributed by atoms with Crippen molar-refractivity contribution in [2.24, 2.45) is 0 Å². The molecule has 0 bridgehead atoms. The molecule has 2 heterocycles. The molecule has 60 valence electrons. The van der Waals surface area contributed by atoms with Crippen molar-refractivity contribution in [2.45, 2.75) is 18.9 Å². The highest BCUT2D eigenvalue weighted by Crippen LogP contribution is 2.17. The lowest BCUT2D eigenvalue weighted by atomic mass is 10.1. The molecule has 1 aliphatic heterocycles. The topological polar surface area (TPSA) is 27.1 Å². The van der Waals surface area contributed by atoms with Crippen LogP contribution in [0.4, 0.5) is 0 Å². The summed E-state index contributed by atoms with van der Waals surface area (Å²) in [6.45, 7) is 1.74. The quantitative estimate of drug-likeness (QED) is 0.605. The monoisotopic (exact) mass is 152 g/mol. The average molecular weight is 152 g/mol. The molecular formula is C8H12N2O. The lowest BCUT2D eigenvalue weighted by Gasteiger charge is -2.22. The molecule has 1 saturated heterocycles. The largest absolute Gasteiger partial charge is 0.379 e. The van der Waals surface area contributed by atoms with E-state index >= 15 is 0 Å². The van der Waals surface area contributed by atoms with Crippen molar-refractivity contribution in [1.29, 1.82) is 0 Å². The zero-order valence-corrected chi connectivity index (χ0v) is 6.44. The fourth-order valence-electron chi connectivity index (χ4n) is 1.43. The first-order chi connectivity index (χ1) is 5.47. The molecule has 0 spiro atoms. The van der Waals surface area contributed by atoms with E-state index in [9.17, 15) is 0 Å². The van der Waals surface area contributed by atoms with E-state index in [1.165, 1.54) is 6.42 Å². The number of hydrogen-bond donors (Lipinski definition) is 0. The molecule has 2 rings (SSSR count). The van der Waals surface area contributed by atoms with Crippen molar-refractivity contribution in [2.75, 3.05) is 13.2 Å². The number of rotatable bonds is 1. The molecular weight excluding hydrogens is 140 g/mol. The van der Waals surface area contributed by atoms with E-state index in [1.807, 2.05) is 23.1 Å². The standard InChI is InChI=1S/C8H12N2O/c1-3-8(7-11-6-1)10-5-2-4-9-10/h2,4-5,8H,1,3,6-7H2. The van der Waals surface area contributed by atoms with E-state index in [4.69, 9.17) is 4.74 Å². The van der Waals surface area contributed by atoms with Crippen molar-refractivity contribution in [3.05, 3.63) is 18.5 Å². The van der Waals surface area contributed by atoms with Gasteiger partial charge >= 0.3 is 0 Å². The Morgan fingerprint density at radius 2 is 2.55 bits per heavy atom. The molecule has 1 aromatic rings. The fraction of sp³-hybridized carbons (Fsp3) is 0.625. The van der Waals surface area contributed by atoms with Crippen LogP contribution >= 0.6 is 0 Å². The number of nitrogens with zero attached hydrogens (tertiary/aromatic N) is 2. The van der Waals surface area contributed by atoms with Gasteiger partial charge in [-0.25, -0.2) is 0 Å². The maximum atomic E-state index is 5.35. The van der Waals surface area contributed by atoms with Gasteiger partial charge in [0.1, 0.15) is 0 Å². The van der Waals surface area contributed by atoms with Gasteiger partial charge in [-0.15, -0.1) is 0 Å². The van der Waals surface area contributed by atoms with Gasteiger partial charge in [0, 0.05) is 19.0 Å². The predicted molar refractivity (Wildman–Crippen MR) is 41.3 cm³/mol. The Bertz CT molecular complexity index is 202. The molecule has 0 aromatic carbocycles. The van der Waals surface area contributed by atoms with E-state index < -0.39 is 0 Å². The van der Waals surface area contributed by atoms with Crippen LogP contribution < -0.4 is 0 Å². The molecule has 1 fully saturated rings. The summed E-state index contributed by atoms with van der Waals surface area (Å²) in [6, 6.07) is 2.42. The SMILES string of the molecule is c1cnn(C2CCCOC2)c1. The minimum atomic E-state index is 0.471. The van der Waals surface area contributed by atoms with Gasteiger partial charge in [0.05, 0.1) is 12.6 Å². The first-order valence-corrected chi connectivity index (χ1v) is 4.04. The Hall–Kier alpha value is -0.830. The lowest BCUT2D eigenvalue weighted by Crippen LogP contribution is -2.21. The first kappa shape index (κ1) is 6.85. The summed E-state index contributed by atoms with van der Waals surface area (Å²) in [5.41, 5.74) is 0. The van der Waals surface area contributed by atoms with Crippen LogP contribution in [0.3, 0.4) is 0 Å². The third-order valence-corrected chi connectivity index (χ3v) is 2.04. The molecule has 0 radical (unpaired) electrons. The maximum absolute atomic E-state index is 5.35. The predicted octanol–water partition coefficient (Wildman–Crippen LogP) is 1.23. The molecule has 0 aliphatic carbocycles. The van der Waals surface area contributed by atoms with Gasteiger partial charge < -0.3 is 4.74 Å². The van der Waals surface area contributed by atoms with Crippen molar-refractivity contribution in [3.63, 3.8) is 0 Å². The summed E-state index contributed by atoms with van der Waals surface area (Å²) in [7, 11) is 0. The number of aromatic nitrogens is 2. The summed E-state index contributed by atoms with van der Waals surface area (Å²) >= 11 is 0. The van der Waals surface area contributed by atoms with Crippen LogP contribution in [0.5, 0.6) is 0 Å². The van der Waals surface area contributed by atoms with Gasteiger partial charge in [-0.1, -0.05) is 0 Å². The van der Waals surface area contributed by atoms with Crippen LogP contribution in [-0.2, 0) is 4.74 Å². The molecule has 1 atom stereocenters. The van der Waals surface area contributed by atoms with Crippen LogP contribution in [0, 0.1) is 0 Å². The Labute approximate surface area is 66.0 Å². The summed E-state index contributed by atoms with van der Waals surface area (Å²) in [4.78, 5) is 0. The Morgan fingerprint density at radius 3 is 3.18 bits per heavy atom. The Kier molecular flexibility index (Phi) is 1.90. The van der Waals surface area contributed by atoms with Crippen LogP contribution in [0.25, 0.3) is 0 Å². The van der Waals surface area contributed by atoms with Crippen molar-refractivity contribution in [3.8, 4) is 0 Å². The third-order valence-electron chi connectivity index (χ3n) is 2.04. The average Bonchev–Trinajstić information content (AvgIpc) is 2.58. The fourth-order valence-corrected chi connectivity index (χ4v) is 1.43. The Balaban J connectivity index is 2.04. The van der Waals surface area contributed by atoms with Gasteiger partial charge in [0.2, 0.25) is 0 Å². The summed E-state index contributed by atoms with van der Waals surface area (Å²) in [6.07, 6.45) is 6.17. The van der Waals surface area contributed by atoms with Crippen LogP contribution in [0.2, 0.25) is 0 Å². The van der Waals surface area contributed by atoms with Gasteiger partial charge in [-0.2, -0.15) is 5.10 Å². The third kappa shape index (κ3) is 1.43. The van der Waals surface area contributed by atoms with Gasteiger partial charge in [-0.05, 0) is 18.9 Å². The molecule has 3 nitrogen and oxygen atoms in total. The summed E-state index contributed by atoms with van der Waals surface area (Å²) in [5, 5.41) is 4.18. The minimum absolute atomic E-state index is 0.471.